The lowest BCUT2D eigenvalue weighted by atomic mass is 10.1. The molecule has 0 saturated carbocycles. The molecule has 0 amide bonds. The van der Waals surface area contributed by atoms with Gasteiger partial charge in [-0.25, -0.2) is 8.78 Å². The Labute approximate surface area is 100.0 Å². The van der Waals surface area contributed by atoms with Gasteiger partial charge in [-0.05, 0) is 25.0 Å². The lowest BCUT2D eigenvalue weighted by Crippen LogP contribution is -2.34. The fourth-order valence-electron chi connectivity index (χ4n) is 2.09. The van der Waals surface area contributed by atoms with Gasteiger partial charge in [0.1, 0.15) is 0 Å². The van der Waals surface area contributed by atoms with Crippen molar-refractivity contribution in [2.45, 2.75) is 38.5 Å². The summed E-state index contributed by atoms with van der Waals surface area (Å²) in [5.74, 6) is 0. The highest BCUT2D eigenvalue weighted by Crippen LogP contribution is 2.20. The van der Waals surface area contributed by atoms with Gasteiger partial charge >= 0.3 is 0 Å². The van der Waals surface area contributed by atoms with Crippen molar-refractivity contribution in [3.63, 3.8) is 0 Å². The fraction of sp³-hybridized carbons (Fsp3) is 0.538. The van der Waals surface area contributed by atoms with Crippen LogP contribution < -0.4 is 5.32 Å². The van der Waals surface area contributed by atoms with Crippen LogP contribution in [0.4, 0.5) is 8.78 Å². The smallest absolute Gasteiger partial charge is 0.263 e. The van der Waals surface area contributed by atoms with Crippen molar-refractivity contribution >= 4 is 0 Å². The molecular weight excluding hydrogens is 224 g/mol. The number of alkyl halides is 2. The molecule has 1 aliphatic rings. The largest absolute Gasteiger partial charge is 0.377 e. The third-order valence-electron chi connectivity index (χ3n) is 3.15. The van der Waals surface area contributed by atoms with E-state index in [1.165, 1.54) is 6.07 Å². The number of ether oxygens (including phenoxy) is 1. The Bertz CT molecular complexity index is 370. The molecule has 1 heterocycles. The second kappa shape index (κ2) is 5.56. The van der Waals surface area contributed by atoms with E-state index in [-0.39, 0.29) is 11.7 Å². The van der Waals surface area contributed by atoms with Gasteiger partial charge in [0.05, 0.1) is 6.10 Å². The minimum absolute atomic E-state index is 0.0834. The van der Waals surface area contributed by atoms with Gasteiger partial charge in [0.25, 0.3) is 6.43 Å². The van der Waals surface area contributed by atoms with Gasteiger partial charge in [0.15, 0.2) is 0 Å². The maximum atomic E-state index is 12.5. The van der Waals surface area contributed by atoms with Gasteiger partial charge in [0.2, 0.25) is 0 Å². The van der Waals surface area contributed by atoms with E-state index in [0.29, 0.717) is 12.6 Å². The van der Waals surface area contributed by atoms with E-state index in [0.717, 1.165) is 18.6 Å². The number of rotatable bonds is 4. The molecule has 0 bridgehead atoms. The van der Waals surface area contributed by atoms with Crippen LogP contribution in [0.2, 0.25) is 0 Å². The predicted octanol–water partition coefficient (Wildman–Crippen LogP) is 2.89. The molecule has 0 radical (unpaired) electrons. The molecular formula is C13H17F2NO. The van der Waals surface area contributed by atoms with Gasteiger partial charge < -0.3 is 10.1 Å². The van der Waals surface area contributed by atoms with Crippen LogP contribution in [-0.4, -0.2) is 18.8 Å². The second-order valence-electron chi connectivity index (χ2n) is 4.40. The monoisotopic (exact) mass is 241 g/mol. The average molecular weight is 241 g/mol. The molecule has 1 aromatic carbocycles. The van der Waals surface area contributed by atoms with Crippen molar-refractivity contribution in [3.05, 3.63) is 35.4 Å². The van der Waals surface area contributed by atoms with Crippen molar-refractivity contribution in [1.29, 1.82) is 0 Å². The first-order chi connectivity index (χ1) is 8.16. The minimum atomic E-state index is -2.40. The molecule has 2 atom stereocenters. The fourth-order valence-corrected chi connectivity index (χ4v) is 2.09. The summed E-state index contributed by atoms with van der Waals surface area (Å²) in [6, 6.07) is 6.87. The van der Waals surface area contributed by atoms with E-state index in [1.54, 1.807) is 12.1 Å². The third-order valence-corrected chi connectivity index (χ3v) is 3.15. The normalized spacial score (nSPS) is 24.5. The summed E-state index contributed by atoms with van der Waals surface area (Å²) in [4.78, 5) is 0. The van der Waals surface area contributed by atoms with Crippen LogP contribution in [0.1, 0.15) is 30.9 Å². The summed E-state index contributed by atoms with van der Waals surface area (Å²) in [6.45, 7) is 3.41. The first-order valence-electron chi connectivity index (χ1n) is 5.89. The molecule has 2 rings (SSSR count). The Morgan fingerprint density at radius 3 is 2.94 bits per heavy atom. The van der Waals surface area contributed by atoms with E-state index in [4.69, 9.17) is 4.74 Å². The van der Waals surface area contributed by atoms with Gasteiger partial charge in [-0.1, -0.05) is 18.2 Å². The summed E-state index contributed by atoms with van der Waals surface area (Å²) in [5, 5.41) is 3.34. The molecule has 94 valence electrons. The van der Waals surface area contributed by atoms with Crippen molar-refractivity contribution in [1.82, 2.24) is 5.32 Å². The van der Waals surface area contributed by atoms with Gasteiger partial charge in [-0.15, -0.1) is 0 Å². The molecule has 0 aliphatic carbocycles. The quantitative estimate of drug-likeness (QED) is 0.875. The van der Waals surface area contributed by atoms with E-state index in [1.807, 2.05) is 13.0 Å². The van der Waals surface area contributed by atoms with Crippen LogP contribution >= 0.6 is 0 Å². The van der Waals surface area contributed by atoms with E-state index in [2.05, 4.69) is 5.32 Å². The number of hydrogen-bond donors (Lipinski definition) is 1. The molecule has 4 heteroatoms. The molecule has 1 aliphatic heterocycles. The Hall–Kier alpha value is -1.00. The first kappa shape index (κ1) is 12.5. The molecule has 1 saturated heterocycles. The Morgan fingerprint density at radius 2 is 2.29 bits per heavy atom. The molecule has 1 N–H and O–H groups in total. The Kier molecular flexibility index (Phi) is 4.07. The zero-order valence-corrected chi connectivity index (χ0v) is 9.83. The first-order valence-corrected chi connectivity index (χ1v) is 5.89. The van der Waals surface area contributed by atoms with Crippen molar-refractivity contribution in [3.8, 4) is 0 Å². The van der Waals surface area contributed by atoms with Crippen LogP contribution in [0.3, 0.4) is 0 Å². The predicted molar refractivity (Wildman–Crippen MR) is 62.1 cm³/mol. The minimum Gasteiger partial charge on any atom is -0.377 e. The Balaban J connectivity index is 1.92. The number of nitrogens with one attached hydrogen (secondary N) is 1. The standard InChI is InChI=1S/C13H17F2NO/c1-9-12(5-6-17-9)16-8-10-3-2-4-11(7-10)13(14)15/h2-4,7,9,12-13,16H,5-6,8H2,1H3. The topological polar surface area (TPSA) is 21.3 Å². The van der Waals surface area contributed by atoms with E-state index >= 15 is 0 Å². The molecule has 2 nitrogen and oxygen atoms in total. The molecule has 1 fully saturated rings. The average Bonchev–Trinajstić information content (AvgIpc) is 2.72. The zero-order valence-electron chi connectivity index (χ0n) is 9.83. The van der Waals surface area contributed by atoms with Crippen LogP contribution in [0.5, 0.6) is 0 Å². The van der Waals surface area contributed by atoms with Crippen molar-refractivity contribution in [2.24, 2.45) is 0 Å². The van der Waals surface area contributed by atoms with Crippen LogP contribution in [0.15, 0.2) is 24.3 Å². The number of hydrogen-bond acceptors (Lipinski definition) is 2. The molecule has 1 aromatic rings. The number of benzene rings is 1. The molecule has 0 spiro atoms. The molecule has 2 unspecified atom stereocenters. The summed E-state index contributed by atoms with van der Waals surface area (Å²) in [5.41, 5.74) is 0.974. The summed E-state index contributed by atoms with van der Waals surface area (Å²) >= 11 is 0. The lowest BCUT2D eigenvalue weighted by molar-refractivity contribution is 0.113. The highest BCUT2D eigenvalue weighted by atomic mass is 19.3. The SMILES string of the molecule is CC1OCCC1NCc1cccc(C(F)F)c1. The molecule has 0 aromatic heterocycles. The molecule has 17 heavy (non-hydrogen) atoms. The van der Waals surface area contributed by atoms with Crippen molar-refractivity contribution in [2.75, 3.05) is 6.61 Å². The van der Waals surface area contributed by atoms with E-state index in [9.17, 15) is 8.78 Å². The Morgan fingerprint density at radius 1 is 1.47 bits per heavy atom. The number of halogens is 2. The summed E-state index contributed by atoms with van der Waals surface area (Å²) in [6.07, 6.45) is -1.22. The third kappa shape index (κ3) is 3.23. The van der Waals surface area contributed by atoms with Crippen LogP contribution in [0, 0.1) is 0 Å². The maximum absolute atomic E-state index is 12.5. The van der Waals surface area contributed by atoms with E-state index < -0.39 is 6.43 Å². The van der Waals surface area contributed by atoms with Crippen LogP contribution in [-0.2, 0) is 11.3 Å². The highest BCUT2D eigenvalue weighted by Gasteiger charge is 2.23. The highest BCUT2D eigenvalue weighted by molar-refractivity contribution is 5.24. The maximum Gasteiger partial charge on any atom is 0.263 e. The zero-order chi connectivity index (χ0) is 12.3. The van der Waals surface area contributed by atoms with Gasteiger partial charge in [-0.3, -0.25) is 0 Å². The van der Waals surface area contributed by atoms with Gasteiger partial charge in [-0.2, -0.15) is 0 Å². The summed E-state index contributed by atoms with van der Waals surface area (Å²) in [7, 11) is 0. The van der Waals surface area contributed by atoms with Crippen LogP contribution in [0.25, 0.3) is 0 Å². The van der Waals surface area contributed by atoms with Gasteiger partial charge in [0, 0.05) is 24.8 Å². The second-order valence-corrected chi connectivity index (χ2v) is 4.40. The lowest BCUT2D eigenvalue weighted by Gasteiger charge is -2.16. The van der Waals surface area contributed by atoms with Crippen molar-refractivity contribution < 1.29 is 13.5 Å². The summed E-state index contributed by atoms with van der Waals surface area (Å²) < 4.78 is 30.5.